The van der Waals surface area contributed by atoms with Gasteiger partial charge in [0.1, 0.15) is 5.82 Å². The molecule has 1 heterocycles. The van der Waals surface area contributed by atoms with Crippen molar-refractivity contribution in [3.63, 3.8) is 0 Å². The van der Waals surface area contributed by atoms with Gasteiger partial charge in [-0.25, -0.2) is 4.98 Å². The lowest BCUT2D eigenvalue weighted by molar-refractivity contribution is 0.403. The van der Waals surface area contributed by atoms with Gasteiger partial charge < -0.3 is 10.2 Å². The molecule has 0 saturated heterocycles. The second kappa shape index (κ2) is 8.00. The fourth-order valence-electron chi connectivity index (χ4n) is 3.23. The summed E-state index contributed by atoms with van der Waals surface area (Å²) in [5, 5.41) is 19.8. The Morgan fingerprint density at radius 3 is 2.41 bits per heavy atom. The van der Waals surface area contributed by atoms with Crippen molar-refractivity contribution in [1.29, 1.82) is 0 Å². The Morgan fingerprint density at radius 2 is 1.69 bits per heavy atom. The van der Waals surface area contributed by atoms with E-state index in [4.69, 9.17) is 4.98 Å². The van der Waals surface area contributed by atoms with Gasteiger partial charge in [-0.1, -0.05) is 52.3 Å². The summed E-state index contributed by atoms with van der Waals surface area (Å²) in [5.74, 6) is 0.231. The summed E-state index contributed by atoms with van der Waals surface area (Å²) >= 11 is 6.95. The molecular weight excluding hydrogens is 500 g/mol. The van der Waals surface area contributed by atoms with E-state index in [1.54, 1.807) is 16.7 Å². The molecule has 146 valence electrons. The van der Waals surface area contributed by atoms with E-state index < -0.39 is 0 Å². The molecule has 0 fully saturated rings. The number of hydrogen-bond acceptors (Lipinski definition) is 4. The molecule has 0 bridgehead atoms. The predicted octanol–water partition coefficient (Wildman–Crippen LogP) is 5.24. The summed E-state index contributed by atoms with van der Waals surface area (Å²) in [6.45, 7) is 0.375. The zero-order valence-corrected chi connectivity index (χ0v) is 18.3. The molecule has 0 aliphatic carbocycles. The molecule has 29 heavy (non-hydrogen) atoms. The maximum Gasteiger partial charge on any atom is 0.261 e. The first-order chi connectivity index (χ1) is 13.9. The molecule has 0 radical (unpaired) electrons. The van der Waals surface area contributed by atoms with Crippen LogP contribution in [0, 0.1) is 0 Å². The third kappa shape index (κ3) is 3.93. The maximum atomic E-state index is 13.4. The van der Waals surface area contributed by atoms with Crippen molar-refractivity contribution in [2.45, 2.75) is 13.0 Å². The number of phenols is 2. The maximum absolute atomic E-state index is 13.4. The Bertz CT molecular complexity index is 1270. The van der Waals surface area contributed by atoms with Crippen LogP contribution in [0.4, 0.5) is 0 Å². The molecule has 4 aromatic rings. The van der Waals surface area contributed by atoms with Crippen LogP contribution in [0.2, 0.25) is 0 Å². The van der Waals surface area contributed by atoms with Gasteiger partial charge in [0.05, 0.1) is 10.9 Å². The lowest BCUT2D eigenvalue weighted by atomic mass is 10.1. The van der Waals surface area contributed by atoms with Crippen molar-refractivity contribution in [1.82, 2.24) is 9.55 Å². The molecule has 0 atom stereocenters. The number of benzene rings is 3. The number of aromatic nitrogens is 2. The minimum atomic E-state index is -0.178. The molecule has 3 aromatic carbocycles. The number of fused-ring (bicyclic) bond motifs is 1. The number of aryl methyl sites for hydroxylation is 1. The quantitative estimate of drug-likeness (QED) is 0.364. The van der Waals surface area contributed by atoms with Crippen molar-refractivity contribution < 1.29 is 10.2 Å². The number of phenolic OH excluding ortho intramolecular Hbond substituents is 2. The topological polar surface area (TPSA) is 75.4 Å². The van der Waals surface area contributed by atoms with Crippen molar-refractivity contribution in [3.8, 4) is 22.9 Å². The zero-order valence-electron chi connectivity index (χ0n) is 15.1. The van der Waals surface area contributed by atoms with Gasteiger partial charge in [-0.2, -0.15) is 0 Å². The number of halogens is 2. The lowest BCUT2D eigenvalue weighted by Gasteiger charge is -2.15. The van der Waals surface area contributed by atoms with Gasteiger partial charge in [0, 0.05) is 21.1 Å². The first-order valence-electron chi connectivity index (χ1n) is 8.90. The fourth-order valence-corrected chi connectivity index (χ4v) is 4.54. The zero-order chi connectivity index (χ0) is 20.5. The summed E-state index contributed by atoms with van der Waals surface area (Å²) in [7, 11) is 0. The Hall–Kier alpha value is -2.64. The van der Waals surface area contributed by atoms with E-state index in [9.17, 15) is 15.0 Å². The minimum Gasteiger partial charge on any atom is -0.504 e. The first-order valence-corrected chi connectivity index (χ1v) is 10.5. The van der Waals surface area contributed by atoms with Crippen LogP contribution < -0.4 is 5.56 Å². The molecule has 7 heteroatoms. The van der Waals surface area contributed by atoms with Gasteiger partial charge in [-0.05, 0) is 52.2 Å². The Balaban J connectivity index is 1.87. The normalized spacial score (nSPS) is 11.1. The lowest BCUT2D eigenvalue weighted by Crippen LogP contribution is -2.24. The van der Waals surface area contributed by atoms with Gasteiger partial charge >= 0.3 is 0 Å². The molecule has 0 unspecified atom stereocenters. The number of rotatable bonds is 4. The van der Waals surface area contributed by atoms with E-state index in [1.807, 2.05) is 36.4 Å². The van der Waals surface area contributed by atoms with E-state index in [-0.39, 0.29) is 17.1 Å². The van der Waals surface area contributed by atoms with Crippen LogP contribution in [0.3, 0.4) is 0 Å². The molecule has 1 aromatic heterocycles. The molecule has 4 rings (SSSR count). The molecule has 0 spiro atoms. The smallest absolute Gasteiger partial charge is 0.261 e. The number of nitrogens with zero attached hydrogens (tertiary/aromatic N) is 2. The van der Waals surface area contributed by atoms with Crippen LogP contribution in [0.25, 0.3) is 22.3 Å². The largest absolute Gasteiger partial charge is 0.504 e. The van der Waals surface area contributed by atoms with Crippen LogP contribution in [-0.2, 0) is 13.0 Å². The third-order valence-electron chi connectivity index (χ3n) is 4.67. The standard InChI is InChI=1S/C22H16Br2N2O3/c23-15-11-16-20(17(24)12-15)25-21(14-4-2-1-3-5-14)26(22(16)29)9-8-13-6-7-18(27)19(28)10-13/h1-7,10-12,27-28H,8-9H2. The molecule has 0 saturated carbocycles. The van der Waals surface area contributed by atoms with E-state index in [2.05, 4.69) is 31.9 Å². The highest BCUT2D eigenvalue weighted by Gasteiger charge is 2.15. The summed E-state index contributed by atoms with van der Waals surface area (Å²) in [5.41, 5.74) is 2.12. The van der Waals surface area contributed by atoms with Crippen LogP contribution in [0.1, 0.15) is 5.56 Å². The number of aromatic hydroxyl groups is 2. The van der Waals surface area contributed by atoms with Gasteiger partial charge in [0.2, 0.25) is 0 Å². The van der Waals surface area contributed by atoms with Gasteiger partial charge in [0.15, 0.2) is 11.5 Å². The molecule has 0 aliphatic heterocycles. The molecule has 0 aliphatic rings. The van der Waals surface area contributed by atoms with Crippen molar-refractivity contribution in [2.75, 3.05) is 0 Å². The van der Waals surface area contributed by atoms with Crippen molar-refractivity contribution in [2.24, 2.45) is 0 Å². The van der Waals surface area contributed by atoms with E-state index in [0.717, 1.165) is 20.1 Å². The third-order valence-corrected chi connectivity index (χ3v) is 5.74. The monoisotopic (exact) mass is 514 g/mol. The first kappa shape index (κ1) is 19.7. The molecule has 0 amide bonds. The summed E-state index contributed by atoms with van der Waals surface area (Å²) < 4.78 is 3.19. The van der Waals surface area contributed by atoms with Gasteiger partial charge in [-0.15, -0.1) is 0 Å². The van der Waals surface area contributed by atoms with E-state index >= 15 is 0 Å². The van der Waals surface area contributed by atoms with Gasteiger partial charge in [-0.3, -0.25) is 9.36 Å². The van der Waals surface area contributed by atoms with Crippen molar-refractivity contribution >= 4 is 42.8 Å². The summed E-state index contributed by atoms with van der Waals surface area (Å²) in [6, 6.07) is 17.9. The average Bonchev–Trinajstić information content (AvgIpc) is 2.71. The molecular formula is C22H16Br2N2O3. The van der Waals surface area contributed by atoms with E-state index in [1.165, 1.54) is 12.1 Å². The highest BCUT2D eigenvalue weighted by atomic mass is 79.9. The average molecular weight is 516 g/mol. The highest BCUT2D eigenvalue weighted by molar-refractivity contribution is 9.11. The van der Waals surface area contributed by atoms with Crippen LogP contribution in [0.15, 0.2) is 74.4 Å². The van der Waals surface area contributed by atoms with E-state index in [0.29, 0.717) is 29.7 Å². The molecule has 2 N–H and O–H groups in total. The van der Waals surface area contributed by atoms with Crippen LogP contribution >= 0.6 is 31.9 Å². The van der Waals surface area contributed by atoms with Crippen LogP contribution in [0.5, 0.6) is 11.5 Å². The summed E-state index contributed by atoms with van der Waals surface area (Å²) in [4.78, 5) is 18.2. The Morgan fingerprint density at radius 1 is 0.931 bits per heavy atom. The predicted molar refractivity (Wildman–Crippen MR) is 120 cm³/mol. The fraction of sp³-hybridized carbons (Fsp3) is 0.0909. The van der Waals surface area contributed by atoms with Crippen LogP contribution in [-0.4, -0.2) is 19.8 Å². The second-order valence-electron chi connectivity index (χ2n) is 6.62. The molecule has 5 nitrogen and oxygen atoms in total. The Labute approximate surface area is 183 Å². The Kier molecular flexibility index (Phi) is 5.43. The SMILES string of the molecule is O=c1c2cc(Br)cc(Br)c2nc(-c2ccccc2)n1CCc1ccc(O)c(O)c1. The minimum absolute atomic E-state index is 0.140. The van der Waals surface area contributed by atoms with Gasteiger partial charge in [0.25, 0.3) is 5.56 Å². The summed E-state index contributed by atoms with van der Waals surface area (Å²) in [6.07, 6.45) is 0.496. The highest BCUT2D eigenvalue weighted by Crippen LogP contribution is 2.28. The van der Waals surface area contributed by atoms with Crippen molar-refractivity contribution in [3.05, 3.63) is 85.5 Å². The number of hydrogen-bond donors (Lipinski definition) is 2. The second-order valence-corrected chi connectivity index (χ2v) is 8.39.